The van der Waals surface area contributed by atoms with Crippen molar-refractivity contribution in [2.24, 2.45) is 5.41 Å². The van der Waals surface area contributed by atoms with E-state index in [0.717, 1.165) is 0 Å². The number of hydrogen-bond donors (Lipinski definition) is 2. The minimum Gasteiger partial charge on any atom is -0.399 e. The van der Waals surface area contributed by atoms with Crippen molar-refractivity contribution < 1.29 is 4.79 Å². The zero-order chi connectivity index (χ0) is 14.1. The Morgan fingerprint density at radius 3 is 2.28 bits per heavy atom. The average Bonchev–Trinajstić information content (AvgIpc) is 2.25. The Morgan fingerprint density at radius 1 is 1.28 bits per heavy atom. The van der Waals surface area contributed by atoms with Gasteiger partial charge in [0.15, 0.2) is 0 Å². The van der Waals surface area contributed by atoms with Crippen molar-refractivity contribution in [3.63, 3.8) is 0 Å². The molecule has 0 aliphatic rings. The molecule has 0 aliphatic heterocycles. The number of benzene rings is 1. The highest BCUT2D eigenvalue weighted by atomic mass is 16.2. The van der Waals surface area contributed by atoms with Crippen LogP contribution in [0.3, 0.4) is 0 Å². The fraction of sp³-hybridized carbons (Fsp3) is 0.500. The van der Waals surface area contributed by atoms with E-state index in [1.165, 1.54) is 0 Å². The van der Waals surface area contributed by atoms with Crippen LogP contribution < -0.4 is 11.5 Å². The topological polar surface area (TPSA) is 72.3 Å². The molecule has 0 spiro atoms. The van der Waals surface area contributed by atoms with Crippen LogP contribution in [0.25, 0.3) is 0 Å². The number of rotatable bonds is 2. The van der Waals surface area contributed by atoms with Gasteiger partial charge in [0.2, 0.25) is 0 Å². The van der Waals surface area contributed by atoms with Gasteiger partial charge >= 0.3 is 0 Å². The normalized spacial score (nSPS) is 13.2. The van der Waals surface area contributed by atoms with E-state index >= 15 is 0 Å². The number of nitrogen functional groups attached to an aromatic ring is 2. The summed E-state index contributed by atoms with van der Waals surface area (Å²) in [4.78, 5) is 14.1. The molecule has 0 radical (unpaired) electrons. The highest BCUT2D eigenvalue weighted by Gasteiger charge is 2.28. The van der Waals surface area contributed by atoms with Gasteiger partial charge in [-0.15, -0.1) is 0 Å². The smallest absolute Gasteiger partial charge is 0.255 e. The van der Waals surface area contributed by atoms with Gasteiger partial charge in [-0.25, -0.2) is 0 Å². The Morgan fingerprint density at radius 2 is 1.83 bits per heavy atom. The maximum absolute atomic E-state index is 12.4. The molecule has 0 bridgehead atoms. The lowest BCUT2D eigenvalue weighted by molar-refractivity contribution is 0.0630. The molecule has 0 fully saturated rings. The molecule has 1 amide bonds. The Bertz CT molecular complexity index is 449. The summed E-state index contributed by atoms with van der Waals surface area (Å²) in [5.41, 5.74) is 13.0. The lowest BCUT2D eigenvalue weighted by atomic mass is 9.87. The SMILES string of the molecule is CC(N(C)C(=O)c1ccc(N)cc1N)C(C)(C)C. The number of anilines is 2. The van der Waals surface area contributed by atoms with Crippen LogP contribution in [0.1, 0.15) is 38.1 Å². The number of carbonyl (C=O) groups excluding carboxylic acids is 1. The maximum atomic E-state index is 12.4. The van der Waals surface area contributed by atoms with Crippen molar-refractivity contribution >= 4 is 17.3 Å². The van der Waals surface area contributed by atoms with E-state index in [9.17, 15) is 4.79 Å². The summed E-state index contributed by atoms with van der Waals surface area (Å²) in [5, 5.41) is 0. The molecule has 4 nitrogen and oxygen atoms in total. The van der Waals surface area contributed by atoms with Gasteiger partial charge in [0.25, 0.3) is 5.91 Å². The Labute approximate surface area is 109 Å². The third-order valence-corrected chi connectivity index (χ3v) is 3.46. The number of nitrogens with zero attached hydrogens (tertiary/aromatic N) is 1. The van der Waals surface area contributed by atoms with Crippen molar-refractivity contribution in [3.05, 3.63) is 23.8 Å². The summed E-state index contributed by atoms with van der Waals surface area (Å²) < 4.78 is 0. The van der Waals surface area contributed by atoms with E-state index in [1.807, 2.05) is 6.92 Å². The third kappa shape index (κ3) is 2.94. The van der Waals surface area contributed by atoms with Crippen molar-refractivity contribution in [2.45, 2.75) is 33.7 Å². The monoisotopic (exact) mass is 249 g/mol. The van der Waals surface area contributed by atoms with Crippen LogP contribution in [-0.2, 0) is 0 Å². The van der Waals surface area contributed by atoms with Crippen LogP contribution in [-0.4, -0.2) is 23.9 Å². The third-order valence-electron chi connectivity index (χ3n) is 3.46. The molecule has 1 atom stereocenters. The summed E-state index contributed by atoms with van der Waals surface area (Å²) in [5.74, 6) is -0.0741. The van der Waals surface area contributed by atoms with Gasteiger partial charge in [0.05, 0.1) is 5.56 Å². The zero-order valence-corrected chi connectivity index (χ0v) is 11.8. The second-order valence-corrected chi connectivity index (χ2v) is 5.80. The van der Waals surface area contributed by atoms with Crippen LogP contribution in [0, 0.1) is 5.41 Å². The molecule has 1 aromatic carbocycles. The number of carbonyl (C=O) groups is 1. The largest absolute Gasteiger partial charge is 0.399 e. The summed E-state index contributed by atoms with van der Waals surface area (Å²) in [6.07, 6.45) is 0. The van der Waals surface area contributed by atoms with E-state index in [1.54, 1.807) is 30.1 Å². The predicted octanol–water partition coefficient (Wildman–Crippen LogP) is 2.36. The van der Waals surface area contributed by atoms with Gasteiger partial charge in [0.1, 0.15) is 0 Å². The van der Waals surface area contributed by atoms with Gasteiger partial charge in [-0.1, -0.05) is 20.8 Å². The predicted molar refractivity (Wildman–Crippen MR) is 76.3 cm³/mol. The maximum Gasteiger partial charge on any atom is 0.255 e. The lowest BCUT2D eigenvalue weighted by Gasteiger charge is -2.35. The average molecular weight is 249 g/mol. The van der Waals surface area contributed by atoms with Gasteiger partial charge in [-0.05, 0) is 30.5 Å². The highest BCUT2D eigenvalue weighted by molar-refractivity contribution is 5.99. The summed E-state index contributed by atoms with van der Waals surface area (Å²) in [6, 6.07) is 5.10. The van der Waals surface area contributed by atoms with Gasteiger partial charge in [-0.3, -0.25) is 4.79 Å². The van der Waals surface area contributed by atoms with E-state index < -0.39 is 0 Å². The first-order chi connectivity index (χ1) is 8.14. The minimum absolute atomic E-state index is 0.0208. The standard InChI is InChI=1S/C14H23N3O/c1-9(14(2,3)4)17(5)13(18)11-7-6-10(15)8-12(11)16/h6-9H,15-16H2,1-5H3. The molecule has 1 unspecified atom stereocenters. The molecule has 0 saturated heterocycles. The molecule has 4 N–H and O–H groups in total. The van der Waals surface area contributed by atoms with E-state index in [0.29, 0.717) is 16.9 Å². The second-order valence-electron chi connectivity index (χ2n) is 5.80. The quantitative estimate of drug-likeness (QED) is 0.790. The Kier molecular flexibility index (Phi) is 3.89. The van der Waals surface area contributed by atoms with Crippen molar-refractivity contribution in [1.29, 1.82) is 0 Å². The van der Waals surface area contributed by atoms with Crippen LogP contribution in [0.15, 0.2) is 18.2 Å². The van der Waals surface area contributed by atoms with Crippen molar-refractivity contribution in [2.75, 3.05) is 18.5 Å². The van der Waals surface area contributed by atoms with Crippen molar-refractivity contribution in [3.8, 4) is 0 Å². The first-order valence-corrected chi connectivity index (χ1v) is 6.06. The minimum atomic E-state index is -0.0741. The fourth-order valence-electron chi connectivity index (χ4n) is 1.72. The van der Waals surface area contributed by atoms with Gasteiger partial charge < -0.3 is 16.4 Å². The lowest BCUT2D eigenvalue weighted by Crippen LogP contribution is -2.43. The van der Waals surface area contributed by atoms with E-state index in [-0.39, 0.29) is 17.4 Å². The first-order valence-electron chi connectivity index (χ1n) is 6.06. The molecular formula is C14H23N3O. The van der Waals surface area contributed by atoms with Crippen LogP contribution in [0.4, 0.5) is 11.4 Å². The first kappa shape index (κ1) is 14.4. The van der Waals surface area contributed by atoms with Gasteiger partial charge in [-0.2, -0.15) is 0 Å². The highest BCUT2D eigenvalue weighted by Crippen LogP contribution is 2.25. The number of nitrogens with two attached hydrogens (primary N) is 2. The Hall–Kier alpha value is -1.71. The van der Waals surface area contributed by atoms with Crippen LogP contribution >= 0.6 is 0 Å². The van der Waals surface area contributed by atoms with E-state index in [4.69, 9.17) is 11.5 Å². The molecule has 0 heterocycles. The number of amides is 1. The molecule has 100 valence electrons. The molecule has 1 aromatic rings. The molecule has 0 saturated carbocycles. The van der Waals surface area contributed by atoms with Gasteiger partial charge in [0, 0.05) is 24.5 Å². The molecule has 0 aromatic heterocycles. The summed E-state index contributed by atoms with van der Waals surface area (Å²) >= 11 is 0. The molecule has 18 heavy (non-hydrogen) atoms. The van der Waals surface area contributed by atoms with Crippen LogP contribution in [0.5, 0.6) is 0 Å². The van der Waals surface area contributed by atoms with Crippen molar-refractivity contribution in [1.82, 2.24) is 4.90 Å². The Balaban J connectivity index is 3.00. The second kappa shape index (κ2) is 4.88. The molecule has 1 rings (SSSR count). The molecular weight excluding hydrogens is 226 g/mol. The number of hydrogen-bond acceptors (Lipinski definition) is 3. The fourth-order valence-corrected chi connectivity index (χ4v) is 1.72. The molecule has 4 heteroatoms. The zero-order valence-electron chi connectivity index (χ0n) is 11.8. The summed E-state index contributed by atoms with van der Waals surface area (Å²) in [6.45, 7) is 8.35. The summed E-state index contributed by atoms with van der Waals surface area (Å²) in [7, 11) is 1.80. The van der Waals surface area contributed by atoms with E-state index in [2.05, 4.69) is 20.8 Å². The van der Waals surface area contributed by atoms with Crippen LogP contribution in [0.2, 0.25) is 0 Å². The molecule has 0 aliphatic carbocycles.